The first-order valence-corrected chi connectivity index (χ1v) is 21.3. The van der Waals surface area contributed by atoms with Crippen molar-refractivity contribution < 1.29 is 52.8 Å². The van der Waals surface area contributed by atoms with E-state index in [1.165, 1.54) is 0 Å². The van der Waals surface area contributed by atoms with E-state index in [0.29, 0.717) is 19.3 Å². The minimum Gasteiger partial charge on any atom is -0.462 e. The van der Waals surface area contributed by atoms with Gasteiger partial charge in [-0.2, -0.15) is 0 Å². The van der Waals surface area contributed by atoms with Crippen LogP contribution in [0.5, 0.6) is 0 Å². The van der Waals surface area contributed by atoms with Crippen molar-refractivity contribution >= 4 is 29.7 Å². The molecule has 2 fully saturated rings. The Morgan fingerprint density at radius 3 is 1.78 bits per heavy atom. The number of aliphatic hydroxyl groups is 1. The second-order valence-electron chi connectivity index (χ2n) is 19.9. The molecule has 2 aliphatic rings. The molecule has 12 nitrogen and oxygen atoms in total. The molecule has 2 aliphatic heterocycles. The van der Waals surface area contributed by atoms with Gasteiger partial charge < -0.3 is 28.8 Å². The second kappa shape index (κ2) is 20.8. The Balaban J connectivity index is 2.27. The monoisotopic (exact) mass is 816 g/mol. The van der Waals surface area contributed by atoms with Gasteiger partial charge in [-0.15, -0.1) is 0 Å². The summed E-state index contributed by atoms with van der Waals surface area (Å²) < 4.78 is 32.1. The minimum atomic E-state index is -1.40. The first-order valence-electron chi connectivity index (χ1n) is 21.3. The van der Waals surface area contributed by atoms with Crippen LogP contribution in [0, 0.1) is 21.7 Å². The number of unbranched alkanes of at least 4 members (excludes halogenated alkanes) is 4. The number of piperidine rings is 1. The molecule has 328 valence electrons. The smallest absolute Gasteiger partial charge is 0.311 e. The number of carbonyl (C=O) groups is 5. The van der Waals surface area contributed by atoms with Gasteiger partial charge in [0.25, 0.3) is 0 Å². The predicted octanol–water partition coefficient (Wildman–Crippen LogP) is 8.06. The number of likely N-dealkylation sites (tertiary alicyclic amines) is 1. The summed E-state index contributed by atoms with van der Waals surface area (Å²) >= 11 is 0. The molecular weight excluding hydrogens is 743 g/mol. The number of benzene rings is 1. The Labute approximate surface area is 347 Å². The van der Waals surface area contributed by atoms with E-state index in [2.05, 4.69) is 11.8 Å². The van der Waals surface area contributed by atoms with Gasteiger partial charge in [0.05, 0.1) is 21.7 Å². The molecule has 0 spiro atoms. The van der Waals surface area contributed by atoms with Crippen LogP contribution in [0.15, 0.2) is 30.3 Å². The molecule has 0 amide bonds. The topological polar surface area (TPSA) is 155 Å². The third-order valence-corrected chi connectivity index (χ3v) is 10.9. The largest absolute Gasteiger partial charge is 0.462 e. The first-order chi connectivity index (χ1) is 26.9. The van der Waals surface area contributed by atoms with Crippen molar-refractivity contribution in [2.45, 2.75) is 190 Å². The van der Waals surface area contributed by atoms with E-state index in [0.717, 1.165) is 37.7 Å². The van der Waals surface area contributed by atoms with Crippen molar-refractivity contribution in [3.63, 3.8) is 0 Å². The minimum absolute atomic E-state index is 0.0852. The van der Waals surface area contributed by atoms with E-state index < -0.39 is 82.2 Å². The lowest BCUT2D eigenvalue weighted by Crippen LogP contribution is -2.69. The summed E-state index contributed by atoms with van der Waals surface area (Å²) in [6.07, 6.45) is -0.00147. The van der Waals surface area contributed by atoms with E-state index in [-0.39, 0.29) is 37.9 Å². The number of ether oxygens (including phenoxy) is 5. The summed E-state index contributed by atoms with van der Waals surface area (Å²) in [5.41, 5.74) is -3.01. The lowest BCUT2D eigenvalue weighted by molar-refractivity contribution is -0.294. The third kappa shape index (κ3) is 13.6. The Kier molecular flexibility index (Phi) is 17.5. The molecule has 1 aromatic carbocycles. The number of esters is 4. The maximum atomic E-state index is 14.0. The highest BCUT2D eigenvalue weighted by Crippen LogP contribution is 2.43. The molecule has 0 radical (unpaired) electrons. The van der Waals surface area contributed by atoms with E-state index in [1.807, 2.05) is 44.2 Å². The number of ketones is 1. The van der Waals surface area contributed by atoms with Crippen LogP contribution < -0.4 is 0 Å². The van der Waals surface area contributed by atoms with Gasteiger partial charge in [-0.25, -0.2) is 0 Å². The molecule has 2 saturated heterocycles. The standard InChI is InChI=1S/C46H73NO11/c1-13-14-24-31-27-32(49)28-33(30-22-18-17-19-23-30)47(31)38-37(58-41(52)45(8,9)10)36(57-40(51)44(5,6)7)35(56-39(50)43(2,3)4)34(55-38)29-54-42(53)46(11,12)25-20-15-16-21-26-48/h17-19,22-23,31,33-38,48H,13-16,20-21,24-29H2,1-12H3/t31-,33-,34+,35-,36-,37+,38+/m0/s1. The molecule has 2 heterocycles. The van der Waals surface area contributed by atoms with Crippen LogP contribution in [-0.4, -0.2) is 89.6 Å². The van der Waals surface area contributed by atoms with Crippen molar-refractivity contribution in [2.75, 3.05) is 13.2 Å². The Morgan fingerprint density at radius 2 is 1.24 bits per heavy atom. The fraction of sp³-hybridized carbons (Fsp3) is 0.761. The highest BCUT2D eigenvalue weighted by Gasteiger charge is 2.58. The van der Waals surface area contributed by atoms with Crippen molar-refractivity contribution in [2.24, 2.45) is 21.7 Å². The molecule has 0 aromatic heterocycles. The second-order valence-corrected chi connectivity index (χ2v) is 19.9. The molecule has 0 unspecified atom stereocenters. The normalized spacial score (nSPS) is 24.8. The molecule has 0 aliphatic carbocycles. The van der Waals surface area contributed by atoms with Crippen LogP contribution >= 0.6 is 0 Å². The average molecular weight is 816 g/mol. The van der Waals surface area contributed by atoms with Crippen LogP contribution in [0.4, 0.5) is 0 Å². The molecule has 7 atom stereocenters. The van der Waals surface area contributed by atoms with Crippen molar-refractivity contribution in [3.8, 4) is 0 Å². The number of Topliss-reactive ketones (excluding diaryl/α,β-unsaturated/α-hetero) is 1. The summed E-state index contributed by atoms with van der Waals surface area (Å²) in [6.45, 7) is 20.8. The predicted molar refractivity (Wildman–Crippen MR) is 220 cm³/mol. The fourth-order valence-corrected chi connectivity index (χ4v) is 7.13. The van der Waals surface area contributed by atoms with Gasteiger partial charge in [0.1, 0.15) is 18.5 Å². The molecule has 0 bridgehead atoms. The van der Waals surface area contributed by atoms with Gasteiger partial charge >= 0.3 is 23.9 Å². The number of hydrogen-bond donors (Lipinski definition) is 1. The van der Waals surface area contributed by atoms with Gasteiger partial charge in [0.15, 0.2) is 24.5 Å². The number of nitrogens with zero attached hydrogens (tertiary/aromatic N) is 1. The lowest BCUT2D eigenvalue weighted by atomic mass is 9.85. The Bertz CT molecular complexity index is 1520. The number of aliphatic hydroxyl groups excluding tert-OH is 1. The van der Waals surface area contributed by atoms with E-state index >= 15 is 0 Å². The summed E-state index contributed by atoms with van der Waals surface area (Å²) in [4.78, 5) is 71.2. The van der Waals surface area contributed by atoms with Crippen LogP contribution in [0.3, 0.4) is 0 Å². The van der Waals surface area contributed by atoms with E-state index in [1.54, 1.807) is 62.3 Å². The van der Waals surface area contributed by atoms with Crippen LogP contribution in [0.1, 0.15) is 159 Å². The highest BCUT2D eigenvalue weighted by atomic mass is 16.7. The Hall–Kier alpha value is -3.35. The number of rotatable bonds is 17. The van der Waals surface area contributed by atoms with Gasteiger partial charge in [0.2, 0.25) is 0 Å². The quantitative estimate of drug-likeness (QED) is 0.0919. The lowest BCUT2D eigenvalue weighted by Gasteiger charge is -2.53. The molecular formula is C46H73NO11. The van der Waals surface area contributed by atoms with Gasteiger partial charge in [-0.3, -0.25) is 28.9 Å². The van der Waals surface area contributed by atoms with E-state index in [4.69, 9.17) is 23.7 Å². The summed E-state index contributed by atoms with van der Waals surface area (Å²) in [6, 6.07) is 8.73. The molecule has 0 saturated carbocycles. The molecule has 58 heavy (non-hydrogen) atoms. The zero-order chi connectivity index (χ0) is 43.6. The maximum absolute atomic E-state index is 14.0. The first kappa shape index (κ1) is 49.0. The SMILES string of the molecule is CCCC[C@H]1CC(=O)C[C@@H](c2ccccc2)N1[C@@H]1O[C@H](COC(=O)C(C)(C)CCCCCCO)[C@H](OC(=O)C(C)(C)C)[C@H](OC(=O)C(C)(C)C)[C@H]1OC(=O)C(C)(C)C. The van der Waals surface area contributed by atoms with Crippen LogP contribution in [-0.2, 0) is 47.7 Å². The van der Waals surface area contributed by atoms with Gasteiger partial charge in [0, 0.05) is 31.5 Å². The third-order valence-electron chi connectivity index (χ3n) is 10.9. The zero-order valence-electron chi connectivity index (χ0n) is 37.4. The van der Waals surface area contributed by atoms with Crippen LogP contribution in [0.2, 0.25) is 0 Å². The van der Waals surface area contributed by atoms with Gasteiger partial charge in [-0.05, 0) is 101 Å². The number of carbonyl (C=O) groups excluding carboxylic acids is 5. The summed E-state index contributed by atoms with van der Waals surface area (Å²) in [5.74, 6) is -2.23. The van der Waals surface area contributed by atoms with E-state index in [9.17, 15) is 29.1 Å². The van der Waals surface area contributed by atoms with Crippen molar-refractivity contribution in [1.29, 1.82) is 0 Å². The molecule has 12 heteroatoms. The average Bonchev–Trinajstić information content (AvgIpc) is 3.13. The maximum Gasteiger partial charge on any atom is 0.311 e. The summed E-state index contributed by atoms with van der Waals surface area (Å²) in [7, 11) is 0. The zero-order valence-corrected chi connectivity index (χ0v) is 37.4. The highest BCUT2D eigenvalue weighted by molar-refractivity contribution is 5.81. The van der Waals surface area contributed by atoms with Crippen molar-refractivity contribution in [1.82, 2.24) is 4.90 Å². The van der Waals surface area contributed by atoms with Crippen LogP contribution in [0.25, 0.3) is 0 Å². The molecule has 1 N–H and O–H groups in total. The molecule has 3 rings (SSSR count). The molecule has 1 aromatic rings. The summed E-state index contributed by atoms with van der Waals surface area (Å²) in [5, 5.41) is 9.18. The fourth-order valence-electron chi connectivity index (χ4n) is 7.13. The van der Waals surface area contributed by atoms with Crippen molar-refractivity contribution in [3.05, 3.63) is 35.9 Å². The number of hydrogen-bond acceptors (Lipinski definition) is 12. The Morgan fingerprint density at radius 1 is 0.707 bits per heavy atom. The van der Waals surface area contributed by atoms with Gasteiger partial charge in [-0.1, -0.05) is 69.4 Å².